The van der Waals surface area contributed by atoms with Gasteiger partial charge in [0.05, 0.1) is 11.1 Å². The Morgan fingerprint density at radius 3 is 2.68 bits per heavy atom. The van der Waals surface area contributed by atoms with Crippen LogP contribution in [0.2, 0.25) is 0 Å². The molecule has 2 nitrogen and oxygen atoms in total. The van der Waals surface area contributed by atoms with Gasteiger partial charge in [-0.2, -0.15) is 5.10 Å². The summed E-state index contributed by atoms with van der Waals surface area (Å²) in [7, 11) is 0. The third-order valence-corrected chi connectivity index (χ3v) is 3.81. The predicted octanol–water partition coefficient (Wildman–Crippen LogP) is 4.51. The third kappa shape index (κ3) is 3.84. The van der Waals surface area contributed by atoms with Gasteiger partial charge < -0.3 is 0 Å². The number of hydrogen-bond donors (Lipinski definition) is 0. The van der Waals surface area contributed by atoms with Crippen LogP contribution in [-0.4, -0.2) is 9.78 Å². The van der Waals surface area contributed by atoms with Crippen LogP contribution in [0.25, 0.3) is 0 Å². The zero-order valence-corrected chi connectivity index (χ0v) is 12.4. The van der Waals surface area contributed by atoms with Gasteiger partial charge in [-0.1, -0.05) is 30.3 Å². The number of hydrogen-bond acceptors (Lipinski definition) is 1. The first-order valence-corrected chi connectivity index (χ1v) is 7.36. The monoisotopic (exact) mass is 276 g/mol. The fraction of sp³-hybridized carbons (Fsp3) is 0.438. The summed E-state index contributed by atoms with van der Waals surface area (Å²) in [6.45, 7) is 5.11. The van der Waals surface area contributed by atoms with Crippen molar-refractivity contribution in [3.05, 3.63) is 53.3 Å². The molecule has 0 aliphatic heterocycles. The van der Waals surface area contributed by atoms with Gasteiger partial charge in [-0.25, -0.2) is 0 Å². The van der Waals surface area contributed by atoms with Gasteiger partial charge in [-0.05, 0) is 44.7 Å². The van der Waals surface area contributed by atoms with E-state index in [0.717, 1.165) is 31.5 Å². The Labute approximate surface area is 120 Å². The van der Waals surface area contributed by atoms with Crippen molar-refractivity contribution < 1.29 is 0 Å². The van der Waals surface area contributed by atoms with Gasteiger partial charge in [-0.15, -0.1) is 11.6 Å². The first-order valence-electron chi connectivity index (χ1n) is 6.93. The minimum absolute atomic E-state index is 0.111. The Kier molecular flexibility index (Phi) is 5.03. The lowest BCUT2D eigenvalue weighted by Crippen LogP contribution is -2.03. The van der Waals surface area contributed by atoms with Crippen LogP contribution in [0, 0.1) is 6.92 Å². The average molecular weight is 277 g/mol. The molecule has 0 fully saturated rings. The van der Waals surface area contributed by atoms with Crippen LogP contribution in [0.3, 0.4) is 0 Å². The van der Waals surface area contributed by atoms with Crippen molar-refractivity contribution in [2.24, 2.45) is 0 Å². The van der Waals surface area contributed by atoms with Crippen molar-refractivity contribution in [3.63, 3.8) is 0 Å². The van der Waals surface area contributed by atoms with Gasteiger partial charge in [0.1, 0.15) is 0 Å². The number of rotatable bonds is 6. The first-order chi connectivity index (χ1) is 9.20. The van der Waals surface area contributed by atoms with E-state index >= 15 is 0 Å². The Hall–Kier alpha value is -1.28. The molecular formula is C16H21ClN2. The van der Waals surface area contributed by atoms with E-state index in [1.54, 1.807) is 0 Å². The van der Waals surface area contributed by atoms with Crippen LogP contribution in [0.15, 0.2) is 36.4 Å². The molecule has 0 amide bonds. The second-order valence-electron chi connectivity index (χ2n) is 4.86. The molecule has 0 spiro atoms. The van der Waals surface area contributed by atoms with Crippen molar-refractivity contribution in [1.29, 1.82) is 0 Å². The van der Waals surface area contributed by atoms with Gasteiger partial charge in [0, 0.05) is 12.2 Å². The normalized spacial score (nSPS) is 12.6. The summed E-state index contributed by atoms with van der Waals surface area (Å²) in [6, 6.07) is 12.5. The van der Waals surface area contributed by atoms with Crippen LogP contribution in [-0.2, 0) is 13.0 Å². The summed E-state index contributed by atoms with van der Waals surface area (Å²) in [4.78, 5) is 0. The van der Waals surface area contributed by atoms with E-state index in [2.05, 4.69) is 34.9 Å². The number of aromatic nitrogens is 2. The highest BCUT2D eigenvalue weighted by molar-refractivity contribution is 6.20. The molecule has 19 heavy (non-hydrogen) atoms. The van der Waals surface area contributed by atoms with E-state index in [9.17, 15) is 0 Å². The van der Waals surface area contributed by atoms with Crippen LogP contribution < -0.4 is 0 Å². The second-order valence-corrected chi connectivity index (χ2v) is 5.39. The molecule has 1 atom stereocenters. The maximum atomic E-state index is 6.43. The Morgan fingerprint density at radius 1 is 1.26 bits per heavy atom. The third-order valence-electron chi connectivity index (χ3n) is 3.34. The highest BCUT2D eigenvalue weighted by Gasteiger charge is 2.09. The van der Waals surface area contributed by atoms with E-state index in [1.165, 1.54) is 11.3 Å². The largest absolute Gasteiger partial charge is 0.270 e. The van der Waals surface area contributed by atoms with Crippen molar-refractivity contribution in [2.45, 2.75) is 45.0 Å². The molecule has 0 aliphatic rings. The van der Waals surface area contributed by atoms with Crippen LogP contribution in [0.1, 0.15) is 42.1 Å². The summed E-state index contributed by atoms with van der Waals surface area (Å²) in [5.41, 5.74) is 3.63. The zero-order chi connectivity index (χ0) is 13.7. The van der Waals surface area contributed by atoms with E-state index in [4.69, 9.17) is 11.6 Å². The molecule has 0 bridgehead atoms. The number of benzene rings is 1. The van der Waals surface area contributed by atoms with Crippen LogP contribution in [0.4, 0.5) is 0 Å². The summed E-state index contributed by atoms with van der Waals surface area (Å²) in [5, 5.41) is 4.58. The standard InChI is InChI=1S/C16H21ClN2/c1-3-19-15(12-13(2)18-19)10-7-11-16(17)14-8-5-4-6-9-14/h4-6,8-9,12,16H,3,7,10-11H2,1-2H3. The quantitative estimate of drug-likeness (QED) is 0.710. The summed E-state index contributed by atoms with van der Waals surface area (Å²) in [6.07, 6.45) is 3.14. The highest BCUT2D eigenvalue weighted by atomic mass is 35.5. The summed E-state index contributed by atoms with van der Waals surface area (Å²) in [5.74, 6) is 0. The predicted molar refractivity (Wildman–Crippen MR) is 80.6 cm³/mol. The molecule has 0 N–H and O–H groups in total. The Balaban J connectivity index is 1.86. The molecule has 0 saturated heterocycles. The number of halogens is 1. The van der Waals surface area contributed by atoms with Crippen molar-refractivity contribution in [1.82, 2.24) is 9.78 Å². The number of aryl methyl sites for hydroxylation is 3. The maximum absolute atomic E-state index is 6.43. The van der Waals surface area contributed by atoms with Crippen molar-refractivity contribution in [3.8, 4) is 0 Å². The minimum atomic E-state index is 0.111. The molecule has 0 saturated carbocycles. The molecule has 102 valence electrons. The van der Waals surface area contributed by atoms with Gasteiger partial charge >= 0.3 is 0 Å². The SMILES string of the molecule is CCn1nc(C)cc1CCCC(Cl)c1ccccc1. The Morgan fingerprint density at radius 2 is 2.00 bits per heavy atom. The second kappa shape index (κ2) is 6.76. The Bertz CT molecular complexity index is 505. The minimum Gasteiger partial charge on any atom is -0.270 e. The van der Waals surface area contributed by atoms with Gasteiger partial charge in [-0.3, -0.25) is 4.68 Å². The van der Waals surface area contributed by atoms with Crippen molar-refractivity contribution in [2.75, 3.05) is 0 Å². The van der Waals surface area contributed by atoms with Crippen LogP contribution in [0.5, 0.6) is 0 Å². The molecule has 1 aromatic heterocycles. The first kappa shape index (κ1) is 14.1. The molecule has 2 rings (SSSR count). The van der Waals surface area contributed by atoms with Crippen molar-refractivity contribution >= 4 is 11.6 Å². The van der Waals surface area contributed by atoms with E-state index in [0.29, 0.717) is 0 Å². The van der Waals surface area contributed by atoms with Gasteiger partial charge in [0.25, 0.3) is 0 Å². The highest BCUT2D eigenvalue weighted by Crippen LogP contribution is 2.26. The van der Waals surface area contributed by atoms with E-state index in [1.807, 2.05) is 25.1 Å². The molecular weight excluding hydrogens is 256 g/mol. The van der Waals surface area contributed by atoms with Gasteiger partial charge in [0.2, 0.25) is 0 Å². The van der Waals surface area contributed by atoms with E-state index in [-0.39, 0.29) is 5.38 Å². The molecule has 0 aliphatic carbocycles. The van der Waals surface area contributed by atoms with E-state index < -0.39 is 0 Å². The summed E-state index contributed by atoms with van der Waals surface area (Å²) >= 11 is 6.43. The maximum Gasteiger partial charge on any atom is 0.0596 e. The lowest BCUT2D eigenvalue weighted by Gasteiger charge is -2.10. The molecule has 1 heterocycles. The molecule has 3 heteroatoms. The fourth-order valence-electron chi connectivity index (χ4n) is 2.37. The topological polar surface area (TPSA) is 17.8 Å². The zero-order valence-electron chi connectivity index (χ0n) is 11.6. The number of nitrogens with zero attached hydrogens (tertiary/aromatic N) is 2. The van der Waals surface area contributed by atoms with Gasteiger partial charge in [0.15, 0.2) is 0 Å². The molecule has 1 aromatic carbocycles. The fourth-order valence-corrected chi connectivity index (χ4v) is 2.66. The number of alkyl halides is 1. The smallest absolute Gasteiger partial charge is 0.0596 e. The molecule has 0 radical (unpaired) electrons. The lowest BCUT2D eigenvalue weighted by molar-refractivity contribution is 0.596. The summed E-state index contributed by atoms with van der Waals surface area (Å²) < 4.78 is 2.08. The van der Waals surface area contributed by atoms with Crippen LogP contribution >= 0.6 is 11.6 Å². The lowest BCUT2D eigenvalue weighted by atomic mass is 10.1. The molecule has 2 aromatic rings. The molecule has 1 unspecified atom stereocenters. The average Bonchev–Trinajstić information content (AvgIpc) is 2.80.